The van der Waals surface area contributed by atoms with E-state index in [1.54, 1.807) is 13.8 Å². The molecule has 0 heterocycles. The van der Waals surface area contributed by atoms with Crippen molar-refractivity contribution in [3.63, 3.8) is 0 Å². The maximum absolute atomic E-state index is 11.8. The molecule has 5 nitrogen and oxygen atoms in total. The van der Waals surface area contributed by atoms with E-state index in [4.69, 9.17) is 5.11 Å². The van der Waals surface area contributed by atoms with Crippen LogP contribution in [0.1, 0.15) is 38.3 Å². The fourth-order valence-corrected chi connectivity index (χ4v) is 1.94. The summed E-state index contributed by atoms with van der Waals surface area (Å²) in [6, 6.07) is 7.58. The van der Waals surface area contributed by atoms with E-state index in [2.05, 4.69) is 17.6 Å². The molecule has 1 atom stereocenters. The Morgan fingerprint density at radius 3 is 2.29 bits per heavy atom. The van der Waals surface area contributed by atoms with E-state index >= 15 is 0 Å². The van der Waals surface area contributed by atoms with Crippen LogP contribution in [0.25, 0.3) is 0 Å². The van der Waals surface area contributed by atoms with Crippen LogP contribution in [0.5, 0.6) is 0 Å². The second-order valence-corrected chi connectivity index (χ2v) is 5.38. The molecule has 0 aliphatic heterocycles. The maximum Gasteiger partial charge on any atom is 0.315 e. The molecule has 0 saturated heterocycles. The fraction of sp³-hybridized carbons (Fsp3) is 0.500. The van der Waals surface area contributed by atoms with Gasteiger partial charge in [-0.2, -0.15) is 0 Å². The highest BCUT2D eigenvalue weighted by atomic mass is 16.4. The largest absolute Gasteiger partial charge is 0.481 e. The molecule has 0 saturated carbocycles. The Kier molecular flexibility index (Phi) is 6.21. The molecule has 1 rings (SSSR count). The molecule has 2 amide bonds. The average Bonchev–Trinajstić information content (AvgIpc) is 2.50. The summed E-state index contributed by atoms with van der Waals surface area (Å²) in [4.78, 5) is 22.9. The highest BCUT2D eigenvalue weighted by molar-refractivity contribution is 5.77. The lowest BCUT2D eigenvalue weighted by Crippen LogP contribution is -2.44. The number of carboxylic acids is 1. The number of rotatable bonds is 7. The van der Waals surface area contributed by atoms with E-state index in [1.807, 2.05) is 24.3 Å². The van der Waals surface area contributed by atoms with Crippen LogP contribution in [0.2, 0.25) is 0 Å². The average molecular weight is 292 g/mol. The number of carboxylic acid groups (broad SMARTS) is 1. The van der Waals surface area contributed by atoms with E-state index < -0.39 is 11.4 Å². The minimum Gasteiger partial charge on any atom is -0.481 e. The molecule has 0 aromatic heterocycles. The summed E-state index contributed by atoms with van der Waals surface area (Å²) >= 11 is 0. The molecule has 116 valence electrons. The first-order chi connectivity index (χ1) is 9.92. The number of aryl methyl sites for hydroxylation is 1. The van der Waals surface area contributed by atoms with Crippen molar-refractivity contribution < 1.29 is 14.7 Å². The van der Waals surface area contributed by atoms with E-state index in [0.717, 1.165) is 12.0 Å². The standard InChI is InChI=1S/C16H24N2O3/c1-4-12-8-6-7-9-13(12)10-17-15(21)18-11-16(3,5-2)14(19)20/h6-9H,4-5,10-11H2,1-3H3,(H,19,20)(H2,17,18,21). The molecule has 0 radical (unpaired) electrons. The Morgan fingerprint density at radius 2 is 1.76 bits per heavy atom. The second-order valence-electron chi connectivity index (χ2n) is 5.38. The molecule has 3 N–H and O–H groups in total. The van der Waals surface area contributed by atoms with Crippen LogP contribution in [-0.4, -0.2) is 23.7 Å². The molecule has 1 aromatic carbocycles. The Hall–Kier alpha value is -2.04. The van der Waals surface area contributed by atoms with Gasteiger partial charge in [0.2, 0.25) is 0 Å². The normalized spacial score (nSPS) is 13.3. The molecule has 0 spiro atoms. The van der Waals surface area contributed by atoms with Crippen LogP contribution >= 0.6 is 0 Å². The number of hydrogen-bond donors (Lipinski definition) is 3. The molecular weight excluding hydrogens is 268 g/mol. The zero-order valence-electron chi connectivity index (χ0n) is 12.9. The second kappa shape index (κ2) is 7.67. The first-order valence-electron chi connectivity index (χ1n) is 7.24. The molecule has 1 unspecified atom stereocenters. The fourth-order valence-electron chi connectivity index (χ4n) is 1.94. The summed E-state index contributed by atoms with van der Waals surface area (Å²) < 4.78 is 0. The highest BCUT2D eigenvalue weighted by Gasteiger charge is 2.31. The van der Waals surface area contributed by atoms with E-state index in [9.17, 15) is 9.59 Å². The third-order valence-electron chi connectivity index (χ3n) is 3.87. The summed E-state index contributed by atoms with van der Waals surface area (Å²) in [6.45, 7) is 6.04. The van der Waals surface area contributed by atoms with Gasteiger partial charge < -0.3 is 15.7 Å². The van der Waals surface area contributed by atoms with Gasteiger partial charge in [0.1, 0.15) is 0 Å². The van der Waals surface area contributed by atoms with Crippen LogP contribution in [0, 0.1) is 5.41 Å². The van der Waals surface area contributed by atoms with Crippen LogP contribution < -0.4 is 10.6 Å². The van der Waals surface area contributed by atoms with Crippen molar-refractivity contribution in [2.45, 2.75) is 40.2 Å². The number of carbonyl (C=O) groups excluding carboxylic acids is 1. The van der Waals surface area contributed by atoms with Gasteiger partial charge >= 0.3 is 12.0 Å². The van der Waals surface area contributed by atoms with Crippen LogP contribution in [0.15, 0.2) is 24.3 Å². The minimum absolute atomic E-state index is 0.111. The number of benzene rings is 1. The lowest BCUT2D eigenvalue weighted by molar-refractivity contribution is -0.147. The molecule has 1 aromatic rings. The number of urea groups is 1. The van der Waals surface area contributed by atoms with Gasteiger partial charge in [0, 0.05) is 13.1 Å². The van der Waals surface area contributed by atoms with Gasteiger partial charge in [-0.25, -0.2) is 4.79 Å². The van der Waals surface area contributed by atoms with Gasteiger partial charge in [-0.05, 0) is 30.9 Å². The lowest BCUT2D eigenvalue weighted by Gasteiger charge is -2.23. The van der Waals surface area contributed by atoms with Crippen molar-refractivity contribution in [2.75, 3.05) is 6.54 Å². The first-order valence-corrected chi connectivity index (χ1v) is 7.24. The third kappa shape index (κ3) is 4.77. The molecular formula is C16H24N2O3. The van der Waals surface area contributed by atoms with Crippen molar-refractivity contribution in [3.05, 3.63) is 35.4 Å². The van der Waals surface area contributed by atoms with Crippen molar-refractivity contribution in [1.29, 1.82) is 0 Å². The zero-order chi connectivity index (χ0) is 15.9. The van der Waals surface area contributed by atoms with E-state index in [1.165, 1.54) is 5.56 Å². The Labute approximate surface area is 125 Å². The van der Waals surface area contributed by atoms with Gasteiger partial charge in [-0.15, -0.1) is 0 Å². The Morgan fingerprint density at radius 1 is 1.14 bits per heavy atom. The van der Waals surface area contributed by atoms with Crippen molar-refractivity contribution in [2.24, 2.45) is 5.41 Å². The summed E-state index contributed by atoms with van der Waals surface area (Å²) in [5.74, 6) is -0.901. The Balaban J connectivity index is 2.50. The van der Waals surface area contributed by atoms with Gasteiger partial charge in [-0.3, -0.25) is 4.79 Å². The minimum atomic E-state index is -0.932. The first kappa shape index (κ1) is 17.0. The van der Waals surface area contributed by atoms with Gasteiger partial charge in [0.15, 0.2) is 0 Å². The van der Waals surface area contributed by atoms with Gasteiger partial charge in [0.25, 0.3) is 0 Å². The summed E-state index contributed by atoms with van der Waals surface area (Å²) in [7, 11) is 0. The van der Waals surface area contributed by atoms with E-state index in [0.29, 0.717) is 13.0 Å². The molecule has 0 bridgehead atoms. The summed E-state index contributed by atoms with van der Waals surface area (Å²) in [6.07, 6.45) is 1.37. The van der Waals surface area contributed by atoms with Crippen LogP contribution in [-0.2, 0) is 17.8 Å². The molecule has 21 heavy (non-hydrogen) atoms. The van der Waals surface area contributed by atoms with Crippen molar-refractivity contribution in [3.8, 4) is 0 Å². The van der Waals surface area contributed by atoms with Crippen LogP contribution in [0.3, 0.4) is 0 Å². The van der Waals surface area contributed by atoms with Crippen LogP contribution in [0.4, 0.5) is 4.79 Å². The molecule has 0 aliphatic rings. The number of carbonyl (C=O) groups is 2. The lowest BCUT2D eigenvalue weighted by atomic mass is 9.88. The Bertz CT molecular complexity index is 502. The number of aliphatic carboxylic acids is 1. The quantitative estimate of drug-likeness (QED) is 0.722. The SMILES string of the molecule is CCc1ccccc1CNC(=O)NCC(C)(CC)C(=O)O. The van der Waals surface area contributed by atoms with Crippen molar-refractivity contribution in [1.82, 2.24) is 10.6 Å². The monoisotopic (exact) mass is 292 g/mol. The third-order valence-corrected chi connectivity index (χ3v) is 3.87. The number of hydrogen-bond acceptors (Lipinski definition) is 2. The topological polar surface area (TPSA) is 78.4 Å². The highest BCUT2D eigenvalue weighted by Crippen LogP contribution is 2.19. The summed E-state index contributed by atoms with van der Waals surface area (Å²) in [5, 5.41) is 14.5. The predicted molar refractivity (Wildman–Crippen MR) is 82.1 cm³/mol. The number of nitrogens with one attached hydrogen (secondary N) is 2. The zero-order valence-corrected chi connectivity index (χ0v) is 12.9. The predicted octanol–water partition coefficient (Wildman–Crippen LogP) is 2.55. The maximum atomic E-state index is 11.8. The number of amides is 2. The van der Waals surface area contributed by atoms with Crippen molar-refractivity contribution >= 4 is 12.0 Å². The molecule has 0 fully saturated rings. The van der Waals surface area contributed by atoms with Gasteiger partial charge in [0.05, 0.1) is 5.41 Å². The summed E-state index contributed by atoms with van der Waals surface area (Å²) in [5.41, 5.74) is 1.34. The molecule has 5 heteroatoms. The smallest absolute Gasteiger partial charge is 0.315 e. The molecule has 0 aliphatic carbocycles. The van der Waals surface area contributed by atoms with E-state index in [-0.39, 0.29) is 12.6 Å². The van der Waals surface area contributed by atoms with Gasteiger partial charge in [-0.1, -0.05) is 38.1 Å².